The standard InChI is InChI=1S/C29H35N5O2/c1-19-17-22(20(2)31-24-12-8-7-11-21(24)27(35)36-29(3,4)5)25-23(18-19)26-30-13-16-34(26)28(32-25)33-14-9-6-10-15-33/h7-8,11-13,16-18,20,31H,6,9-10,14-15H2,1-5H3. The summed E-state index contributed by atoms with van der Waals surface area (Å²) in [5, 5.41) is 4.60. The van der Waals surface area contributed by atoms with Crippen molar-refractivity contribution in [1.29, 1.82) is 0 Å². The molecule has 0 aliphatic carbocycles. The molecule has 0 saturated carbocycles. The van der Waals surface area contributed by atoms with Crippen LogP contribution >= 0.6 is 0 Å². The van der Waals surface area contributed by atoms with Gasteiger partial charge in [-0.15, -0.1) is 0 Å². The van der Waals surface area contributed by atoms with Gasteiger partial charge in [0.05, 0.1) is 17.1 Å². The van der Waals surface area contributed by atoms with Gasteiger partial charge in [-0.05, 0) is 77.6 Å². The summed E-state index contributed by atoms with van der Waals surface area (Å²) in [4.78, 5) is 25.2. The number of carbonyl (C=O) groups excluding carboxylic acids is 1. The molecule has 7 nitrogen and oxygen atoms in total. The SMILES string of the molecule is Cc1cc(C(C)Nc2ccccc2C(=O)OC(C)(C)C)c2nc(N3CCCCC3)n3ccnc3c2c1. The second-order valence-corrected chi connectivity index (χ2v) is 10.7. The number of imidazole rings is 1. The molecule has 188 valence electrons. The second-order valence-electron chi connectivity index (χ2n) is 10.7. The van der Waals surface area contributed by atoms with E-state index in [9.17, 15) is 4.79 Å². The minimum Gasteiger partial charge on any atom is -0.456 e. The fourth-order valence-corrected chi connectivity index (χ4v) is 5.00. The van der Waals surface area contributed by atoms with Crippen LogP contribution in [0.5, 0.6) is 0 Å². The summed E-state index contributed by atoms with van der Waals surface area (Å²) in [5.74, 6) is 0.609. The van der Waals surface area contributed by atoms with Gasteiger partial charge in [-0.3, -0.25) is 4.40 Å². The maximum absolute atomic E-state index is 12.9. The number of aromatic nitrogens is 3. The minimum absolute atomic E-state index is 0.102. The number of nitrogens with one attached hydrogen (secondary N) is 1. The summed E-state index contributed by atoms with van der Waals surface area (Å²) in [6, 6.07) is 11.8. The molecular formula is C29H35N5O2. The molecule has 0 radical (unpaired) electrons. The number of fused-ring (bicyclic) bond motifs is 3. The van der Waals surface area contributed by atoms with E-state index < -0.39 is 5.60 Å². The second kappa shape index (κ2) is 9.45. The number of carbonyl (C=O) groups is 1. The maximum atomic E-state index is 12.9. The van der Waals surface area contributed by atoms with Crippen molar-refractivity contribution < 1.29 is 9.53 Å². The van der Waals surface area contributed by atoms with Gasteiger partial charge in [0.1, 0.15) is 11.2 Å². The molecule has 1 saturated heterocycles. The highest BCUT2D eigenvalue weighted by atomic mass is 16.6. The van der Waals surface area contributed by atoms with E-state index >= 15 is 0 Å². The van der Waals surface area contributed by atoms with Crippen LogP contribution in [-0.4, -0.2) is 39.0 Å². The van der Waals surface area contributed by atoms with E-state index in [0.29, 0.717) is 5.56 Å². The van der Waals surface area contributed by atoms with Crippen molar-refractivity contribution in [2.24, 2.45) is 0 Å². The van der Waals surface area contributed by atoms with Gasteiger partial charge in [0.2, 0.25) is 5.95 Å². The quantitative estimate of drug-likeness (QED) is 0.334. The molecule has 1 aliphatic heterocycles. The lowest BCUT2D eigenvalue weighted by atomic mass is 10.0. The Labute approximate surface area is 212 Å². The molecular weight excluding hydrogens is 450 g/mol. The van der Waals surface area contributed by atoms with Gasteiger partial charge in [-0.25, -0.2) is 14.8 Å². The molecule has 36 heavy (non-hydrogen) atoms. The highest BCUT2D eigenvalue weighted by molar-refractivity contribution is 5.97. The zero-order chi connectivity index (χ0) is 25.4. The number of para-hydroxylation sites is 1. The Hall–Kier alpha value is -3.61. The summed E-state index contributed by atoms with van der Waals surface area (Å²) in [7, 11) is 0. The van der Waals surface area contributed by atoms with Gasteiger partial charge < -0.3 is 15.0 Å². The number of esters is 1. The third-order valence-electron chi connectivity index (χ3n) is 6.62. The summed E-state index contributed by atoms with van der Waals surface area (Å²) >= 11 is 0. The predicted octanol–water partition coefficient (Wildman–Crippen LogP) is 6.31. The van der Waals surface area contributed by atoms with Crippen molar-refractivity contribution in [2.45, 2.75) is 65.5 Å². The first kappa shape index (κ1) is 24.1. The number of piperidine rings is 1. The number of hydrogen-bond donors (Lipinski definition) is 1. The largest absolute Gasteiger partial charge is 0.456 e. The van der Waals surface area contributed by atoms with Crippen LogP contribution in [0.15, 0.2) is 48.8 Å². The third-order valence-corrected chi connectivity index (χ3v) is 6.62. The molecule has 0 amide bonds. The van der Waals surface area contributed by atoms with Gasteiger partial charge in [-0.2, -0.15) is 0 Å². The van der Waals surface area contributed by atoms with Crippen LogP contribution in [0.3, 0.4) is 0 Å². The fourth-order valence-electron chi connectivity index (χ4n) is 5.00. The van der Waals surface area contributed by atoms with Crippen molar-refractivity contribution >= 4 is 34.2 Å². The minimum atomic E-state index is -0.563. The number of aryl methyl sites for hydroxylation is 1. The Bertz CT molecular complexity index is 1410. The normalized spacial score (nSPS) is 15.3. The monoisotopic (exact) mass is 485 g/mol. The van der Waals surface area contributed by atoms with Crippen LogP contribution < -0.4 is 10.2 Å². The van der Waals surface area contributed by atoms with E-state index in [1.807, 2.05) is 51.4 Å². The summed E-state index contributed by atoms with van der Waals surface area (Å²) in [6.45, 7) is 11.9. The van der Waals surface area contributed by atoms with Crippen molar-refractivity contribution in [1.82, 2.24) is 14.4 Å². The summed E-state index contributed by atoms with van der Waals surface area (Å²) in [5.41, 5.74) is 4.78. The van der Waals surface area contributed by atoms with Crippen LogP contribution in [0.1, 0.15) is 74.5 Å². The van der Waals surface area contributed by atoms with Crippen molar-refractivity contribution in [2.75, 3.05) is 23.3 Å². The van der Waals surface area contributed by atoms with Crippen LogP contribution in [0, 0.1) is 6.92 Å². The molecule has 4 aromatic rings. The smallest absolute Gasteiger partial charge is 0.340 e. The lowest BCUT2D eigenvalue weighted by Crippen LogP contribution is -2.32. The number of ether oxygens (including phenoxy) is 1. The van der Waals surface area contributed by atoms with Crippen LogP contribution in [-0.2, 0) is 4.74 Å². The molecule has 0 spiro atoms. The molecule has 1 atom stereocenters. The molecule has 1 N–H and O–H groups in total. The fraction of sp³-hybridized carbons (Fsp3) is 0.414. The van der Waals surface area contributed by atoms with Gasteiger partial charge in [0.25, 0.3) is 0 Å². The first-order valence-electron chi connectivity index (χ1n) is 12.8. The molecule has 2 aromatic heterocycles. The Morgan fingerprint density at radius 1 is 1.11 bits per heavy atom. The molecule has 2 aromatic carbocycles. The highest BCUT2D eigenvalue weighted by Crippen LogP contribution is 2.33. The molecule has 5 rings (SSSR count). The highest BCUT2D eigenvalue weighted by Gasteiger charge is 2.23. The molecule has 1 unspecified atom stereocenters. The van der Waals surface area contributed by atoms with Crippen LogP contribution in [0.25, 0.3) is 16.6 Å². The van der Waals surface area contributed by atoms with Gasteiger partial charge in [0, 0.05) is 42.1 Å². The van der Waals surface area contributed by atoms with E-state index in [4.69, 9.17) is 14.7 Å². The number of hydrogen-bond acceptors (Lipinski definition) is 6. The lowest BCUT2D eigenvalue weighted by molar-refractivity contribution is 0.00706. The zero-order valence-corrected chi connectivity index (χ0v) is 21.8. The van der Waals surface area contributed by atoms with Crippen molar-refractivity contribution in [3.63, 3.8) is 0 Å². The number of rotatable bonds is 5. The molecule has 0 bridgehead atoms. The molecule has 1 aliphatic rings. The molecule has 3 heterocycles. The maximum Gasteiger partial charge on any atom is 0.340 e. The summed E-state index contributed by atoms with van der Waals surface area (Å²) in [6.07, 6.45) is 7.48. The Morgan fingerprint density at radius 3 is 2.61 bits per heavy atom. The number of nitrogens with zero attached hydrogens (tertiary/aromatic N) is 4. The number of anilines is 2. The predicted molar refractivity (Wildman–Crippen MR) is 145 cm³/mol. The van der Waals surface area contributed by atoms with Gasteiger partial charge in [-0.1, -0.05) is 18.2 Å². The van der Waals surface area contributed by atoms with E-state index in [1.165, 1.54) is 19.3 Å². The van der Waals surface area contributed by atoms with Gasteiger partial charge in [0.15, 0.2) is 0 Å². The lowest BCUT2D eigenvalue weighted by Gasteiger charge is -2.29. The van der Waals surface area contributed by atoms with E-state index in [2.05, 4.69) is 40.6 Å². The van der Waals surface area contributed by atoms with Crippen molar-refractivity contribution in [3.8, 4) is 0 Å². The number of benzene rings is 2. The third kappa shape index (κ3) is 4.74. The van der Waals surface area contributed by atoms with E-state index in [0.717, 1.165) is 52.4 Å². The van der Waals surface area contributed by atoms with Gasteiger partial charge >= 0.3 is 5.97 Å². The van der Waals surface area contributed by atoms with E-state index in [-0.39, 0.29) is 12.0 Å². The van der Waals surface area contributed by atoms with Crippen LogP contribution in [0.4, 0.5) is 11.6 Å². The van der Waals surface area contributed by atoms with Crippen LogP contribution in [0.2, 0.25) is 0 Å². The Kier molecular flexibility index (Phi) is 6.33. The topological polar surface area (TPSA) is 71.8 Å². The Balaban J connectivity index is 1.58. The molecule has 7 heteroatoms. The first-order valence-corrected chi connectivity index (χ1v) is 12.8. The molecule has 1 fully saturated rings. The summed E-state index contributed by atoms with van der Waals surface area (Å²) < 4.78 is 7.77. The zero-order valence-electron chi connectivity index (χ0n) is 21.8. The van der Waals surface area contributed by atoms with Crippen molar-refractivity contribution in [3.05, 3.63) is 65.5 Å². The first-order chi connectivity index (χ1) is 17.2. The average molecular weight is 486 g/mol. The Morgan fingerprint density at radius 2 is 1.86 bits per heavy atom. The average Bonchev–Trinajstić information content (AvgIpc) is 3.33. The van der Waals surface area contributed by atoms with E-state index in [1.54, 1.807) is 6.07 Å².